The Bertz CT molecular complexity index is 1000. The van der Waals surface area contributed by atoms with E-state index < -0.39 is 0 Å². The lowest BCUT2D eigenvalue weighted by atomic mass is 10.1. The molecule has 1 aromatic heterocycles. The predicted octanol–water partition coefficient (Wildman–Crippen LogP) is 4.90. The first-order valence-electron chi connectivity index (χ1n) is 10.3. The smallest absolute Gasteiger partial charge is 0.318 e. The van der Waals surface area contributed by atoms with Gasteiger partial charge in [0.1, 0.15) is 5.82 Å². The van der Waals surface area contributed by atoms with Crippen LogP contribution in [0.1, 0.15) is 54.6 Å². The Balaban J connectivity index is 1.52. The minimum absolute atomic E-state index is 0.0615. The van der Waals surface area contributed by atoms with E-state index in [4.69, 9.17) is 11.6 Å². The third-order valence-electron chi connectivity index (χ3n) is 5.67. The van der Waals surface area contributed by atoms with E-state index in [2.05, 4.69) is 20.1 Å². The first-order chi connectivity index (χ1) is 14.5. The molecule has 1 N–H and O–H groups in total. The van der Waals surface area contributed by atoms with E-state index >= 15 is 0 Å². The summed E-state index contributed by atoms with van der Waals surface area (Å²) in [6.07, 6.45) is 1.83. The van der Waals surface area contributed by atoms with Crippen LogP contribution < -0.4 is 5.32 Å². The second-order valence-electron chi connectivity index (χ2n) is 7.75. The molecule has 156 valence electrons. The summed E-state index contributed by atoms with van der Waals surface area (Å²) in [4.78, 5) is 15.0. The number of nitrogens with zero attached hydrogens (tertiary/aromatic N) is 4. The molecule has 0 radical (unpaired) electrons. The third-order valence-corrected chi connectivity index (χ3v) is 5.92. The molecule has 3 aromatic rings. The fourth-order valence-corrected chi connectivity index (χ4v) is 4.11. The predicted molar refractivity (Wildman–Crippen MR) is 117 cm³/mol. The normalized spacial score (nSPS) is 17.2. The second-order valence-corrected chi connectivity index (χ2v) is 8.19. The van der Waals surface area contributed by atoms with Gasteiger partial charge < -0.3 is 14.8 Å². The van der Waals surface area contributed by atoms with Crippen LogP contribution in [0.15, 0.2) is 54.6 Å². The minimum Gasteiger partial charge on any atom is -0.331 e. The number of amides is 2. The molecular weight excluding hydrogens is 398 g/mol. The van der Waals surface area contributed by atoms with Gasteiger partial charge in [0.25, 0.3) is 0 Å². The molecule has 0 spiro atoms. The summed E-state index contributed by atoms with van der Waals surface area (Å²) in [6, 6.07) is 17.6. The second kappa shape index (κ2) is 8.88. The van der Waals surface area contributed by atoms with Crippen molar-refractivity contribution < 1.29 is 4.79 Å². The van der Waals surface area contributed by atoms with E-state index in [0.717, 1.165) is 35.6 Å². The molecular formula is C23H26ClN5O. The number of aromatic nitrogens is 3. The quantitative estimate of drug-likeness (QED) is 0.635. The molecule has 2 amide bonds. The number of hydrogen-bond donors (Lipinski definition) is 1. The van der Waals surface area contributed by atoms with Gasteiger partial charge in [-0.25, -0.2) is 4.79 Å². The molecule has 1 aliphatic rings. The Labute approximate surface area is 181 Å². The maximum atomic E-state index is 13.1. The summed E-state index contributed by atoms with van der Waals surface area (Å²) in [6.45, 7) is 5.32. The molecule has 0 aliphatic carbocycles. The van der Waals surface area contributed by atoms with Gasteiger partial charge >= 0.3 is 6.03 Å². The number of benzene rings is 2. The van der Waals surface area contributed by atoms with Crippen molar-refractivity contribution in [3.05, 3.63) is 82.4 Å². The summed E-state index contributed by atoms with van der Waals surface area (Å²) >= 11 is 6.02. The minimum atomic E-state index is -0.0820. The summed E-state index contributed by atoms with van der Waals surface area (Å²) in [5.74, 6) is 1.67. The summed E-state index contributed by atoms with van der Waals surface area (Å²) in [5.41, 5.74) is 2.21. The molecule has 0 bridgehead atoms. The van der Waals surface area contributed by atoms with Crippen LogP contribution >= 0.6 is 11.6 Å². The molecule has 6 nitrogen and oxygen atoms in total. The molecule has 2 aromatic carbocycles. The standard InChI is InChI=1S/C23H26ClN5O/c1-16(19-7-4-3-5-8-19)25-23(30)28-14-6-9-21(28)22-27-26-17(2)29(22)15-18-10-12-20(24)13-11-18/h3-5,7-8,10-13,16,21H,6,9,14-15H2,1-2H3,(H,25,30)/t16-,21-/m1/s1. The number of aryl methyl sites for hydroxylation is 1. The molecule has 30 heavy (non-hydrogen) atoms. The molecule has 2 heterocycles. The summed E-state index contributed by atoms with van der Waals surface area (Å²) < 4.78 is 2.10. The first kappa shape index (κ1) is 20.4. The van der Waals surface area contributed by atoms with Gasteiger partial charge in [-0.1, -0.05) is 54.1 Å². The van der Waals surface area contributed by atoms with Crippen LogP contribution in [0.25, 0.3) is 0 Å². The van der Waals surface area contributed by atoms with Crippen molar-refractivity contribution in [1.82, 2.24) is 25.0 Å². The largest absolute Gasteiger partial charge is 0.331 e. The van der Waals surface area contributed by atoms with E-state index in [1.54, 1.807) is 0 Å². The Kier molecular flexibility index (Phi) is 6.04. The highest BCUT2D eigenvalue weighted by molar-refractivity contribution is 6.30. The number of urea groups is 1. The molecule has 7 heteroatoms. The Morgan fingerprint density at radius 1 is 1.17 bits per heavy atom. The van der Waals surface area contributed by atoms with Gasteiger partial charge in [-0.3, -0.25) is 0 Å². The molecule has 0 saturated carbocycles. The van der Waals surface area contributed by atoms with Crippen LogP contribution in [0.5, 0.6) is 0 Å². The van der Waals surface area contributed by atoms with Crippen molar-refractivity contribution >= 4 is 17.6 Å². The molecule has 1 saturated heterocycles. The van der Waals surface area contributed by atoms with Gasteiger partial charge in [-0.2, -0.15) is 0 Å². The van der Waals surface area contributed by atoms with Crippen molar-refractivity contribution in [2.75, 3.05) is 6.54 Å². The van der Waals surface area contributed by atoms with Gasteiger partial charge in [0.15, 0.2) is 5.82 Å². The van der Waals surface area contributed by atoms with E-state index in [-0.39, 0.29) is 18.1 Å². The fourth-order valence-electron chi connectivity index (χ4n) is 3.98. The molecule has 0 unspecified atom stereocenters. The maximum Gasteiger partial charge on any atom is 0.318 e. The number of rotatable bonds is 5. The number of halogens is 1. The van der Waals surface area contributed by atoms with Crippen LogP contribution in [0, 0.1) is 6.92 Å². The average molecular weight is 424 g/mol. The zero-order chi connectivity index (χ0) is 21.1. The van der Waals surface area contributed by atoms with Crippen molar-refractivity contribution in [2.24, 2.45) is 0 Å². The molecule has 1 aliphatic heterocycles. The lowest BCUT2D eigenvalue weighted by molar-refractivity contribution is 0.186. The van der Waals surface area contributed by atoms with E-state index in [0.29, 0.717) is 18.1 Å². The lowest BCUT2D eigenvalue weighted by Crippen LogP contribution is -2.41. The number of carbonyl (C=O) groups is 1. The van der Waals surface area contributed by atoms with Crippen LogP contribution in [-0.2, 0) is 6.54 Å². The Morgan fingerprint density at radius 2 is 1.90 bits per heavy atom. The zero-order valence-corrected chi connectivity index (χ0v) is 18.0. The van der Waals surface area contributed by atoms with Crippen LogP contribution in [0.2, 0.25) is 5.02 Å². The van der Waals surface area contributed by atoms with Gasteiger partial charge in [0.2, 0.25) is 0 Å². The molecule has 4 rings (SSSR count). The molecule has 1 fully saturated rings. The van der Waals surface area contributed by atoms with E-state index in [1.165, 1.54) is 0 Å². The van der Waals surface area contributed by atoms with Crippen molar-refractivity contribution in [2.45, 2.75) is 45.3 Å². The first-order valence-corrected chi connectivity index (χ1v) is 10.7. The average Bonchev–Trinajstić information content (AvgIpc) is 3.37. The highest BCUT2D eigenvalue weighted by Crippen LogP contribution is 2.32. The maximum absolute atomic E-state index is 13.1. The van der Waals surface area contributed by atoms with Crippen LogP contribution in [0.3, 0.4) is 0 Å². The highest BCUT2D eigenvalue weighted by Gasteiger charge is 2.34. The van der Waals surface area contributed by atoms with Gasteiger partial charge in [0, 0.05) is 11.6 Å². The van der Waals surface area contributed by atoms with Crippen molar-refractivity contribution in [1.29, 1.82) is 0 Å². The highest BCUT2D eigenvalue weighted by atomic mass is 35.5. The zero-order valence-electron chi connectivity index (χ0n) is 17.3. The van der Waals surface area contributed by atoms with E-state index in [9.17, 15) is 4.79 Å². The lowest BCUT2D eigenvalue weighted by Gasteiger charge is -2.27. The summed E-state index contributed by atoms with van der Waals surface area (Å²) in [5, 5.41) is 12.6. The number of nitrogens with one attached hydrogen (secondary N) is 1. The van der Waals surface area contributed by atoms with E-state index in [1.807, 2.05) is 73.3 Å². The number of hydrogen-bond acceptors (Lipinski definition) is 3. The topological polar surface area (TPSA) is 63.1 Å². The number of likely N-dealkylation sites (tertiary alicyclic amines) is 1. The third kappa shape index (κ3) is 4.33. The van der Waals surface area contributed by atoms with Gasteiger partial charge in [-0.05, 0) is 49.9 Å². The summed E-state index contributed by atoms with van der Waals surface area (Å²) in [7, 11) is 0. The SMILES string of the molecule is Cc1nnc([C@H]2CCCN2C(=O)N[C@H](C)c2ccccc2)n1Cc1ccc(Cl)cc1. The fraction of sp³-hybridized carbons (Fsp3) is 0.348. The van der Waals surface area contributed by atoms with Crippen molar-refractivity contribution in [3.63, 3.8) is 0 Å². The van der Waals surface area contributed by atoms with Gasteiger partial charge in [0.05, 0.1) is 18.6 Å². The Morgan fingerprint density at radius 3 is 2.63 bits per heavy atom. The van der Waals surface area contributed by atoms with Gasteiger partial charge in [-0.15, -0.1) is 10.2 Å². The monoisotopic (exact) mass is 423 g/mol. The van der Waals surface area contributed by atoms with Crippen molar-refractivity contribution in [3.8, 4) is 0 Å². The van der Waals surface area contributed by atoms with Crippen LogP contribution in [-0.4, -0.2) is 32.2 Å². The Hall–Kier alpha value is -2.86. The number of carbonyl (C=O) groups excluding carboxylic acids is 1. The van der Waals surface area contributed by atoms with Crippen LogP contribution in [0.4, 0.5) is 4.79 Å². The molecule has 2 atom stereocenters.